The number of rotatable bonds is 4. The predicted octanol–water partition coefficient (Wildman–Crippen LogP) is 0.966. The third-order valence-corrected chi connectivity index (χ3v) is 4.49. The minimum atomic E-state index is -0.0348. The highest BCUT2D eigenvalue weighted by molar-refractivity contribution is 7.10. The molecule has 1 saturated heterocycles. The summed E-state index contributed by atoms with van der Waals surface area (Å²) in [5.74, 6) is 0.129. The fraction of sp³-hybridized carbons (Fsp3) is 0.615. The Balaban J connectivity index is 1.82. The fourth-order valence-electron chi connectivity index (χ4n) is 2.14. The number of carbonyl (C=O) groups excluding carboxylic acids is 1. The van der Waals surface area contributed by atoms with Crippen molar-refractivity contribution in [3.63, 3.8) is 0 Å². The highest BCUT2D eigenvalue weighted by Crippen LogP contribution is 2.15. The smallest absolute Gasteiger partial charge is 0.237 e. The Morgan fingerprint density at radius 3 is 2.89 bits per heavy atom. The summed E-state index contributed by atoms with van der Waals surface area (Å²) in [6.07, 6.45) is 0. The molecule has 1 amide bonds. The van der Waals surface area contributed by atoms with Crippen LogP contribution in [0.3, 0.4) is 0 Å². The third kappa shape index (κ3) is 3.31. The van der Waals surface area contributed by atoms with Crippen LogP contribution in [-0.2, 0) is 11.3 Å². The molecule has 1 aliphatic heterocycles. The van der Waals surface area contributed by atoms with Gasteiger partial charge in [-0.2, -0.15) is 0 Å². The average Bonchev–Trinajstić information content (AvgIpc) is 2.81. The summed E-state index contributed by atoms with van der Waals surface area (Å²) in [7, 11) is 0. The molecule has 0 radical (unpaired) electrons. The number of hydrogen-bond acceptors (Lipinski definition) is 4. The van der Waals surface area contributed by atoms with E-state index in [0.29, 0.717) is 6.54 Å². The molecule has 1 aromatic rings. The molecule has 0 aliphatic carbocycles. The van der Waals surface area contributed by atoms with Crippen molar-refractivity contribution in [1.29, 1.82) is 0 Å². The van der Waals surface area contributed by atoms with Crippen molar-refractivity contribution in [2.45, 2.75) is 26.4 Å². The molecule has 2 rings (SSSR count). The number of nitrogens with one attached hydrogen (secondary N) is 2. The van der Waals surface area contributed by atoms with Crippen molar-refractivity contribution >= 4 is 17.2 Å². The van der Waals surface area contributed by atoms with Crippen LogP contribution in [0.5, 0.6) is 0 Å². The van der Waals surface area contributed by atoms with Gasteiger partial charge in [0.2, 0.25) is 5.91 Å². The van der Waals surface area contributed by atoms with Crippen LogP contribution in [0.25, 0.3) is 0 Å². The van der Waals surface area contributed by atoms with E-state index in [-0.39, 0.29) is 11.9 Å². The second kappa shape index (κ2) is 6.31. The van der Waals surface area contributed by atoms with E-state index in [2.05, 4.69) is 33.9 Å². The lowest BCUT2D eigenvalue weighted by Crippen LogP contribution is -2.52. The standard InChI is InChI=1S/C13H21N3OS/c1-10-3-8-18-12(10)9-15-13(17)11(2)16-6-4-14-5-7-16/h3,8,11,14H,4-7,9H2,1-2H3,(H,15,17). The van der Waals surface area contributed by atoms with Gasteiger partial charge in [0.15, 0.2) is 0 Å². The van der Waals surface area contributed by atoms with Crippen molar-refractivity contribution in [2.24, 2.45) is 0 Å². The van der Waals surface area contributed by atoms with Crippen molar-refractivity contribution in [2.75, 3.05) is 26.2 Å². The largest absolute Gasteiger partial charge is 0.350 e. The summed E-state index contributed by atoms with van der Waals surface area (Å²) in [6, 6.07) is 2.05. The van der Waals surface area contributed by atoms with Gasteiger partial charge in [0, 0.05) is 31.1 Å². The van der Waals surface area contributed by atoms with E-state index in [1.165, 1.54) is 10.4 Å². The number of carbonyl (C=O) groups is 1. The Kier molecular flexibility index (Phi) is 4.74. The van der Waals surface area contributed by atoms with Crippen LogP contribution in [0.2, 0.25) is 0 Å². The number of aryl methyl sites for hydroxylation is 1. The number of nitrogens with zero attached hydrogens (tertiary/aromatic N) is 1. The van der Waals surface area contributed by atoms with Crippen LogP contribution in [0.15, 0.2) is 11.4 Å². The van der Waals surface area contributed by atoms with Gasteiger partial charge in [-0.15, -0.1) is 11.3 Å². The zero-order chi connectivity index (χ0) is 13.0. The Labute approximate surface area is 112 Å². The SMILES string of the molecule is Cc1ccsc1CNC(=O)C(C)N1CCNCC1. The lowest BCUT2D eigenvalue weighted by molar-refractivity contribution is -0.126. The second-order valence-corrected chi connectivity index (χ2v) is 5.71. The summed E-state index contributed by atoms with van der Waals surface area (Å²) in [6.45, 7) is 8.57. The molecule has 1 unspecified atom stereocenters. The van der Waals surface area contributed by atoms with E-state index in [0.717, 1.165) is 26.2 Å². The number of amides is 1. The van der Waals surface area contributed by atoms with Gasteiger partial charge in [-0.25, -0.2) is 0 Å². The molecule has 2 heterocycles. The molecule has 0 spiro atoms. The average molecular weight is 267 g/mol. The van der Waals surface area contributed by atoms with E-state index in [1.807, 2.05) is 6.92 Å². The summed E-state index contributed by atoms with van der Waals surface area (Å²) in [5.41, 5.74) is 1.26. The summed E-state index contributed by atoms with van der Waals surface area (Å²) in [4.78, 5) is 15.6. The molecule has 4 nitrogen and oxygen atoms in total. The van der Waals surface area contributed by atoms with Crippen LogP contribution in [-0.4, -0.2) is 43.0 Å². The molecule has 100 valence electrons. The molecule has 18 heavy (non-hydrogen) atoms. The maximum absolute atomic E-state index is 12.1. The van der Waals surface area contributed by atoms with Gasteiger partial charge >= 0.3 is 0 Å². The fourth-order valence-corrected chi connectivity index (χ4v) is 2.98. The highest BCUT2D eigenvalue weighted by atomic mass is 32.1. The van der Waals surface area contributed by atoms with Gasteiger partial charge in [0.05, 0.1) is 12.6 Å². The first-order valence-electron chi connectivity index (χ1n) is 6.44. The minimum Gasteiger partial charge on any atom is -0.350 e. The Bertz CT molecular complexity index is 399. The van der Waals surface area contributed by atoms with E-state index >= 15 is 0 Å². The number of piperazine rings is 1. The van der Waals surface area contributed by atoms with E-state index in [9.17, 15) is 4.79 Å². The van der Waals surface area contributed by atoms with Gasteiger partial charge in [-0.1, -0.05) is 0 Å². The quantitative estimate of drug-likeness (QED) is 0.854. The van der Waals surface area contributed by atoms with Gasteiger partial charge in [0.25, 0.3) is 0 Å². The van der Waals surface area contributed by atoms with Crippen molar-refractivity contribution in [1.82, 2.24) is 15.5 Å². The van der Waals surface area contributed by atoms with Crippen LogP contribution in [0.4, 0.5) is 0 Å². The van der Waals surface area contributed by atoms with Crippen LogP contribution in [0, 0.1) is 6.92 Å². The van der Waals surface area contributed by atoms with Gasteiger partial charge < -0.3 is 10.6 Å². The predicted molar refractivity (Wildman–Crippen MR) is 74.8 cm³/mol. The highest BCUT2D eigenvalue weighted by Gasteiger charge is 2.22. The minimum absolute atomic E-state index is 0.0348. The molecule has 2 N–H and O–H groups in total. The third-order valence-electron chi connectivity index (χ3n) is 3.47. The molecule has 1 fully saturated rings. The molecule has 0 bridgehead atoms. The monoisotopic (exact) mass is 267 g/mol. The van der Waals surface area contributed by atoms with Gasteiger partial charge in [0.1, 0.15) is 0 Å². The maximum atomic E-state index is 12.1. The van der Waals surface area contributed by atoms with Crippen molar-refractivity contribution in [3.8, 4) is 0 Å². The summed E-state index contributed by atoms with van der Waals surface area (Å²) >= 11 is 1.70. The van der Waals surface area contributed by atoms with E-state index in [4.69, 9.17) is 0 Å². The lowest BCUT2D eigenvalue weighted by Gasteiger charge is -2.31. The Hall–Kier alpha value is -0.910. The molecular formula is C13H21N3OS. The first-order chi connectivity index (χ1) is 8.68. The zero-order valence-electron chi connectivity index (χ0n) is 11.0. The van der Waals surface area contributed by atoms with E-state index in [1.54, 1.807) is 11.3 Å². The first-order valence-corrected chi connectivity index (χ1v) is 7.32. The van der Waals surface area contributed by atoms with Gasteiger partial charge in [-0.3, -0.25) is 9.69 Å². The topological polar surface area (TPSA) is 44.4 Å². The molecule has 5 heteroatoms. The maximum Gasteiger partial charge on any atom is 0.237 e. The zero-order valence-corrected chi connectivity index (χ0v) is 11.8. The van der Waals surface area contributed by atoms with Crippen LogP contribution in [0.1, 0.15) is 17.4 Å². The van der Waals surface area contributed by atoms with Crippen molar-refractivity contribution in [3.05, 3.63) is 21.9 Å². The summed E-state index contributed by atoms with van der Waals surface area (Å²) in [5, 5.41) is 8.40. The van der Waals surface area contributed by atoms with Gasteiger partial charge in [-0.05, 0) is 30.9 Å². The van der Waals surface area contributed by atoms with Crippen molar-refractivity contribution < 1.29 is 4.79 Å². The molecular weight excluding hydrogens is 246 g/mol. The number of hydrogen-bond donors (Lipinski definition) is 2. The molecule has 0 aromatic carbocycles. The second-order valence-electron chi connectivity index (χ2n) is 4.71. The Morgan fingerprint density at radius 2 is 2.28 bits per heavy atom. The molecule has 1 aliphatic rings. The molecule has 1 aromatic heterocycles. The molecule has 0 saturated carbocycles. The van der Waals surface area contributed by atoms with E-state index < -0.39 is 0 Å². The number of thiophene rings is 1. The summed E-state index contributed by atoms with van der Waals surface area (Å²) < 4.78 is 0. The normalized spacial score (nSPS) is 18.6. The first kappa shape index (κ1) is 13.5. The van der Waals surface area contributed by atoms with Crippen LogP contribution >= 0.6 is 11.3 Å². The lowest BCUT2D eigenvalue weighted by atomic mass is 10.2. The van der Waals surface area contributed by atoms with Crippen LogP contribution < -0.4 is 10.6 Å². The Morgan fingerprint density at radius 1 is 1.56 bits per heavy atom. The molecule has 1 atom stereocenters.